The summed E-state index contributed by atoms with van der Waals surface area (Å²) >= 11 is 0. The van der Waals surface area contributed by atoms with Gasteiger partial charge in [-0.1, -0.05) is 0 Å². The Morgan fingerprint density at radius 1 is 1.42 bits per heavy atom. The maximum Gasteiger partial charge on any atom is 0.279 e. The van der Waals surface area contributed by atoms with Crippen LogP contribution < -0.4 is 10.0 Å². The molecule has 0 aromatic rings. The van der Waals surface area contributed by atoms with Crippen LogP contribution in [0.4, 0.5) is 0 Å². The van der Waals surface area contributed by atoms with Gasteiger partial charge in [-0.25, -0.2) is 4.72 Å². The van der Waals surface area contributed by atoms with Crippen molar-refractivity contribution in [1.82, 2.24) is 14.3 Å². The zero-order chi connectivity index (χ0) is 8.82. The molecule has 0 radical (unpaired) electrons. The fraction of sp³-hybridized carbons (Fsp3) is 1.00. The van der Waals surface area contributed by atoms with Gasteiger partial charge in [-0.15, -0.1) is 0 Å². The van der Waals surface area contributed by atoms with Gasteiger partial charge in [-0.3, -0.25) is 0 Å². The van der Waals surface area contributed by atoms with Gasteiger partial charge in [0.15, 0.2) is 0 Å². The van der Waals surface area contributed by atoms with Crippen LogP contribution in [-0.4, -0.2) is 44.9 Å². The van der Waals surface area contributed by atoms with Crippen LogP contribution in [0.3, 0.4) is 0 Å². The van der Waals surface area contributed by atoms with Gasteiger partial charge < -0.3 is 5.32 Å². The minimum absolute atomic E-state index is 0.196. The number of likely N-dealkylation sites (N-methyl/N-ethyl adjacent to an activating group) is 1. The van der Waals surface area contributed by atoms with E-state index in [9.17, 15) is 8.42 Å². The summed E-state index contributed by atoms with van der Waals surface area (Å²) in [7, 11) is -1.53. The molecule has 12 heavy (non-hydrogen) atoms. The number of nitrogens with one attached hydrogen (secondary N) is 2. The van der Waals surface area contributed by atoms with Crippen molar-refractivity contribution in [3.8, 4) is 0 Å². The normalized spacial score (nSPS) is 41.1. The van der Waals surface area contributed by atoms with E-state index in [0.29, 0.717) is 6.54 Å². The van der Waals surface area contributed by atoms with Crippen molar-refractivity contribution in [2.45, 2.75) is 12.0 Å². The van der Waals surface area contributed by atoms with Crippen LogP contribution >= 0.6 is 0 Å². The average molecular weight is 191 g/mol. The molecule has 0 bridgehead atoms. The highest BCUT2D eigenvalue weighted by molar-refractivity contribution is 7.87. The zero-order valence-corrected chi connectivity index (χ0v) is 7.82. The number of rotatable bonds is 0. The third-order valence-corrected chi connectivity index (χ3v) is 4.45. The van der Waals surface area contributed by atoms with Gasteiger partial charge in [-0.2, -0.15) is 12.7 Å². The lowest BCUT2D eigenvalue weighted by Gasteiger charge is -2.26. The molecule has 1 unspecified atom stereocenters. The maximum atomic E-state index is 11.3. The van der Waals surface area contributed by atoms with Crippen LogP contribution in [0.25, 0.3) is 0 Å². The van der Waals surface area contributed by atoms with Crippen molar-refractivity contribution < 1.29 is 8.42 Å². The largest absolute Gasteiger partial charge is 0.315 e. The number of nitrogens with zero attached hydrogens (tertiary/aromatic N) is 1. The van der Waals surface area contributed by atoms with Crippen molar-refractivity contribution >= 4 is 10.2 Å². The molecular formula is C6H13N3O2S. The van der Waals surface area contributed by atoms with Crippen LogP contribution in [0.2, 0.25) is 0 Å². The van der Waals surface area contributed by atoms with Gasteiger partial charge in [0.1, 0.15) is 0 Å². The molecule has 0 aromatic carbocycles. The topological polar surface area (TPSA) is 61.4 Å². The minimum Gasteiger partial charge on any atom is -0.315 e. The highest BCUT2D eigenvalue weighted by atomic mass is 32.2. The summed E-state index contributed by atoms with van der Waals surface area (Å²) in [5.74, 6) is 0. The Hall–Kier alpha value is -0.170. The molecule has 2 saturated heterocycles. The second-order valence-corrected chi connectivity index (χ2v) is 5.23. The molecule has 2 rings (SSSR count). The van der Waals surface area contributed by atoms with Crippen molar-refractivity contribution in [2.75, 3.05) is 26.7 Å². The van der Waals surface area contributed by atoms with Gasteiger partial charge in [-0.05, 0) is 13.0 Å². The molecule has 0 aliphatic carbocycles. The van der Waals surface area contributed by atoms with E-state index < -0.39 is 10.2 Å². The van der Waals surface area contributed by atoms with E-state index in [4.69, 9.17) is 0 Å². The number of hydrogen-bond acceptors (Lipinski definition) is 3. The Kier molecular flexibility index (Phi) is 1.69. The third-order valence-electron chi connectivity index (χ3n) is 2.83. The Morgan fingerprint density at radius 2 is 2.17 bits per heavy atom. The molecule has 0 saturated carbocycles. The lowest BCUT2D eigenvalue weighted by molar-refractivity contribution is 0.276. The smallest absolute Gasteiger partial charge is 0.279 e. The van der Waals surface area contributed by atoms with E-state index in [-0.39, 0.29) is 5.54 Å². The highest BCUT2D eigenvalue weighted by Gasteiger charge is 2.48. The Labute approximate surface area is 72.3 Å². The quantitative estimate of drug-likeness (QED) is 0.490. The second-order valence-electron chi connectivity index (χ2n) is 3.44. The Balaban J connectivity index is 2.31. The molecule has 6 heteroatoms. The Bertz CT molecular complexity index is 281. The first-order valence-electron chi connectivity index (χ1n) is 4.01. The van der Waals surface area contributed by atoms with E-state index >= 15 is 0 Å². The maximum absolute atomic E-state index is 11.3. The summed E-state index contributed by atoms with van der Waals surface area (Å²) in [5, 5.41) is 3.18. The highest BCUT2D eigenvalue weighted by Crippen LogP contribution is 2.27. The van der Waals surface area contributed by atoms with Crippen molar-refractivity contribution in [3.63, 3.8) is 0 Å². The van der Waals surface area contributed by atoms with Crippen molar-refractivity contribution in [3.05, 3.63) is 0 Å². The molecule has 0 aromatic heterocycles. The van der Waals surface area contributed by atoms with Crippen LogP contribution in [0, 0.1) is 0 Å². The molecule has 70 valence electrons. The van der Waals surface area contributed by atoms with Gasteiger partial charge in [0.25, 0.3) is 10.2 Å². The zero-order valence-electron chi connectivity index (χ0n) is 7.00. The lowest BCUT2D eigenvalue weighted by atomic mass is 10.00. The molecule has 0 amide bonds. The molecule has 2 fully saturated rings. The van der Waals surface area contributed by atoms with Gasteiger partial charge in [0.2, 0.25) is 0 Å². The monoisotopic (exact) mass is 191 g/mol. The predicted molar refractivity (Wildman–Crippen MR) is 44.9 cm³/mol. The standard InChI is InChI=1S/C6H13N3O2S/c1-9-6(2-3-7-4-6)5-8-12(9,10)11/h7-8H,2-5H2,1H3. The van der Waals surface area contributed by atoms with E-state index in [1.807, 2.05) is 0 Å². The summed E-state index contributed by atoms with van der Waals surface area (Å²) in [6.07, 6.45) is 0.899. The van der Waals surface area contributed by atoms with Crippen LogP contribution in [0.15, 0.2) is 0 Å². The molecule has 1 atom stereocenters. The number of hydrogen-bond donors (Lipinski definition) is 2. The second kappa shape index (κ2) is 2.41. The molecule has 2 aliphatic heterocycles. The predicted octanol–water partition coefficient (Wildman–Crippen LogP) is -1.50. The fourth-order valence-corrected chi connectivity index (χ4v) is 3.21. The SMILES string of the molecule is CN1C2(CCNC2)CNS1(=O)=O. The molecule has 1 spiro atoms. The molecular weight excluding hydrogens is 178 g/mol. The van der Waals surface area contributed by atoms with E-state index in [0.717, 1.165) is 19.5 Å². The van der Waals surface area contributed by atoms with Crippen LogP contribution in [-0.2, 0) is 10.2 Å². The van der Waals surface area contributed by atoms with E-state index in [1.54, 1.807) is 7.05 Å². The Morgan fingerprint density at radius 3 is 2.58 bits per heavy atom. The van der Waals surface area contributed by atoms with Gasteiger partial charge in [0.05, 0.1) is 5.54 Å². The first kappa shape index (κ1) is 8.43. The van der Waals surface area contributed by atoms with Crippen LogP contribution in [0.1, 0.15) is 6.42 Å². The van der Waals surface area contributed by atoms with Gasteiger partial charge in [0, 0.05) is 20.1 Å². The molecule has 2 aliphatic rings. The lowest BCUT2D eigenvalue weighted by Crippen LogP contribution is -2.46. The first-order chi connectivity index (χ1) is 5.57. The summed E-state index contributed by atoms with van der Waals surface area (Å²) in [6.45, 7) is 2.20. The molecule has 5 nitrogen and oxygen atoms in total. The van der Waals surface area contributed by atoms with E-state index in [2.05, 4.69) is 10.0 Å². The summed E-state index contributed by atoms with van der Waals surface area (Å²) in [5.41, 5.74) is -0.196. The van der Waals surface area contributed by atoms with E-state index in [1.165, 1.54) is 4.31 Å². The fourth-order valence-electron chi connectivity index (χ4n) is 1.84. The summed E-state index contributed by atoms with van der Waals surface area (Å²) < 4.78 is 26.6. The van der Waals surface area contributed by atoms with Crippen LogP contribution in [0.5, 0.6) is 0 Å². The molecule has 2 N–H and O–H groups in total. The van der Waals surface area contributed by atoms with Crippen molar-refractivity contribution in [2.24, 2.45) is 0 Å². The first-order valence-corrected chi connectivity index (χ1v) is 5.45. The van der Waals surface area contributed by atoms with Crippen molar-refractivity contribution in [1.29, 1.82) is 0 Å². The third kappa shape index (κ3) is 0.990. The van der Waals surface area contributed by atoms with Gasteiger partial charge >= 0.3 is 0 Å². The average Bonchev–Trinajstić information content (AvgIpc) is 2.55. The summed E-state index contributed by atoms with van der Waals surface area (Å²) in [4.78, 5) is 0. The summed E-state index contributed by atoms with van der Waals surface area (Å²) in [6, 6.07) is 0. The molecule has 2 heterocycles. The minimum atomic E-state index is -3.17.